The average molecular weight is 309 g/mol. The van der Waals surface area contributed by atoms with E-state index in [0.717, 1.165) is 5.92 Å². The van der Waals surface area contributed by atoms with Gasteiger partial charge in [0.05, 0.1) is 37.1 Å². The molecule has 0 saturated carbocycles. The fourth-order valence-corrected chi connectivity index (χ4v) is 5.56. The molecule has 0 aliphatic carbocycles. The molecule has 2 nitrogen and oxygen atoms in total. The van der Waals surface area contributed by atoms with Crippen LogP contribution in [0.2, 0.25) is 0 Å². The summed E-state index contributed by atoms with van der Waals surface area (Å²) >= 11 is 1.92. The van der Waals surface area contributed by atoms with Crippen LogP contribution in [0.1, 0.15) is 12.8 Å². The van der Waals surface area contributed by atoms with Gasteiger partial charge in [-0.25, -0.2) is 0 Å². The number of nitrogens with one attached hydrogen (secondary N) is 1. The molecule has 0 spiro atoms. The monoisotopic (exact) mass is 309 g/mol. The lowest BCUT2D eigenvalue weighted by Gasteiger charge is -2.48. The van der Waals surface area contributed by atoms with E-state index in [1.165, 1.54) is 53.6 Å². The van der Waals surface area contributed by atoms with Crippen LogP contribution in [-0.2, 0) is 0 Å². The highest BCUT2D eigenvalue weighted by Gasteiger charge is 2.43. The van der Waals surface area contributed by atoms with E-state index in [0.29, 0.717) is 6.04 Å². The lowest BCUT2D eigenvalue weighted by atomic mass is 9.82. The van der Waals surface area contributed by atoms with Crippen LogP contribution in [0.4, 0.5) is 11.4 Å². The van der Waals surface area contributed by atoms with E-state index < -0.39 is 0 Å². The predicted molar refractivity (Wildman–Crippen MR) is 91.2 cm³/mol. The molecule has 6 rings (SSSR count). The molecule has 1 unspecified atom stereocenters. The lowest BCUT2D eigenvalue weighted by molar-refractivity contribution is -0.917. The average Bonchev–Trinajstić information content (AvgIpc) is 2.60. The standard InChI is InChI=1S/C19H20N2S/c1-3-7-18-15(5-1)21(16-6-2-4-8-19(16)22-18)17-13-20-11-9-14(17)10-12-20/h1-8,14,17H,9-13H2/p+1. The fourth-order valence-electron chi connectivity index (χ4n) is 4.49. The van der Waals surface area contributed by atoms with Gasteiger partial charge in [0.15, 0.2) is 0 Å². The second-order valence-electron chi connectivity index (χ2n) is 6.77. The number of quaternary nitrogens is 1. The molecule has 0 radical (unpaired) electrons. The third kappa shape index (κ3) is 1.92. The van der Waals surface area contributed by atoms with E-state index in [-0.39, 0.29) is 0 Å². The third-order valence-corrected chi connectivity index (χ3v) is 6.71. The Balaban J connectivity index is 1.65. The maximum Gasteiger partial charge on any atom is 0.0984 e. The van der Waals surface area contributed by atoms with Gasteiger partial charge in [0.2, 0.25) is 0 Å². The van der Waals surface area contributed by atoms with Gasteiger partial charge in [0.1, 0.15) is 0 Å². The van der Waals surface area contributed by atoms with E-state index in [4.69, 9.17) is 0 Å². The van der Waals surface area contributed by atoms with Gasteiger partial charge in [-0.3, -0.25) is 0 Å². The molecule has 4 heterocycles. The van der Waals surface area contributed by atoms with Crippen molar-refractivity contribution in [2.45, 2.75) is 28.7 Å². The summed E-state index contributed by atoms with van der Waals surface area (Å²) in [7, 11) is 0. The SMILES string of the molecule is c1ccc2c(c1)Sc1ccccc1N2C1C[NH+]2CCC1CC2. The Morgan fingerprint density at radius 3 is 2.00 bits per heavy atom. The summed E-state index contributed by atoms with van der Waals surface area (Å²) in [4.78, 5) is 7.30. The molecular formula is C19H21N2S+. The number of hydrogen-bond acceptors (Lipinski definition) is 2. The number of nitrogens with zero attached hydrogens (tertiary/aromatic N) is 1. The summed E-state index contributed by atoms with van der Waals surface area (Å²) in [5.41, 5.74) is 2.84. The quantitative estimate of drug-likeness (QED) is 0.866. The molecule has 112 valence electrons. The Kier molecular flexibility index (Phi) is 2.98. The van der Waals surface area contributed by atoms with Crippen LogP contribution in [0, 0.1) is 5.92 Å². The smallest absolute Gasteiger partial charge is 0.0984 e. The number of para-hydroxylation sites is 2. The summed E-state index contributed by atoms with van der Waals surface area (Å²) in [6.45, 7) is 4.07. The molecule has 0 aromatic heterocycles. The molecule has 2 bridgehead atoms. The van der Waals surface area contributed by atoms with Gasteiger partial charge in [-0.15, -0.1) is 0 Å². The van der Waals surface area contributed by atoms with E-state index in [1.54, 1.807) is 4.90 Å². The summed E-state index contributed by atoms with van der Waals surface area (Å²) in [6, 6.07) is 18.5. The Bertz CT molecular complexity index is 661. The van der Waals surface area contributed by atoms with E-state index >= 15 is 0 Å². The zero-order valence-corrected chi connectivity index (χ0v) is 13.5. The van der Waals surface area contributed by atoms with Gasteiger partial charge >= 0.3 is 0 Å². The molecule has 3 fully saturated rings. The maximum absolute atomic E-state index is 2.67. The number of anilines is 2. The van der Waals surface area contributed by atoms with E-state index in [1.807, 2.05) is 11.8 Å². The first-order valence-electron chi connectivity index (χ1n) is 8.39. The van der Waals surface area contributed by atoms with Crippen LogP contribution >= 0.6 is 11.8 Å². The normalized spacial score (nSPS) is 29.1. The van der Waals surface area contributed by atoms with Crippen LogP contribution in [0.3, 0.4) is 0 Å². The molecule has 4 aliphatic heterocycles. The van der Waals surface area contributed by atoms with Crippen LogP contribution in [0.25, 0.3) is 0 Å². The van der Waals surface area contributed by atoms with Crippen molar-refractivity contribution < 1.29 is 4.90 Å². The summed E-state index contributed by atoms with van der Waals surface area (Å²) in [5.74, 6) is 0.863. The maximum atomic E-state index is 2.67. The molecule has 3 saturated heterocycles. The van der Waals surface area contributed by atoms with Crippen molar-refractivity contribution in [1.29, 1.82) is 0 Å². The highest BCUT2D eigenvalue weighted by Crippen LogP contribution is 2.50. The molecule has 1 N–H and O–H groups in total. The Morgan fingerprint density at radius 1 is 0.864 bits per heavy atom. The van der Waals surface area contributed by atoms with E-state index in [9.17, 15) is 0 Å². The first kappa shape index (κ1) is 13.0. The van der Waals surface area contributed by atoms with Crippen molar-refractivity contribution in [1.82, 2.24) is 0 Å². The minimum Gasteiger partial charge on any atom is -0.333 e. The van der Waals surface area contributed by atoms with Crippen LogP contribution < -0.4 is 9.80 Å². The van der Waals surface area contributed by atoms with Gasteiger partial charge in [-0.1, -0.05) is 36.0 Å². The second kappa shape index (κ2) is 5.04. The first-order chi connectivity index (χ1) is 10.9. The zero-order chi connectivity index (χ0) is 14.5. The van der Waals surface area contributed by atoms with Gasteiger partial charge < -0.3 is 9.80 Å². The molecule has 2 aromatic rings. The molecule has 22 heavy (non-hydrogen) atoms. The van der Waals surface area contributed by atoms with Crippen molar-refractivity contribution in [3.63, 3.8) is 0 Å². The molecule has 3 heteroatoms. The number of piperidine rings is 3. The van der Waals surface area contributed by atoms with Crippen molar-refractivity contribution in [2.75, 3.05) is 24.5 Å². The predicted octanol–water partition coefficient (Wildman–Crippen LogP) is 2.97. The number of hydrogen-bond donors (Lipinski definition) is 1. The zero-order valence-electron chi connectivity index (χ0n) is 12.7. The van der Waals surface area contributed by atoms with Gasteiger partial charge in [0.25, 0.3) is 0 Å². The van der Waals surface area contributed by atoms with Gasteiger partial charge in [-0.2, -0.15) is 0 Å². The Morgan fingerprint density at radius 2 is 1.45 bits per heavy atom. The second-order valence-corrected chi connectivity index (χ2v) is 7.85. The van der Waals surface area contributed by atoms with Crippen LogP contribution in [0.5, 0.6) is 0 Å². The molecule has 4 aliphatic rings. The third-order valence-electron chi connectivity index (χ3n) is 5.58. The van der Waals surface area contributed by atoms with Crippen LogP contribution in [0.15, 0.2) is 58.3 Å². The molecule has 0 amide bonds. The lowest BCUT2D eigenvalue weighted by Crippen LogP contribution is -3.16. The highest BCUT2D eigenvalue weighted by atomic mass is 32.2. The minimum absolute atomic E-state index is 0.667. The minimum atomic E-state index is 0.667. The largest absolute Gasteiger partial charge is 0.333 e. The van der Waals surface area contributed by atoms with Crippen molar-refractivity contribution in [2.24, 2.45) is 5.92 Å². The van der Waals surface area contributed by atoms with E-state index in [2.05, 4.69) is 53.4 Å². The van der Waals surface area contributed by atoms with Crippen molar-refractivity contribution in [3.8, 4) is 0 Å². The number of benzene rings is 2. The fraction of sp³-hybridized carbons (Fsp3) is 0.368. The highest BCUT2D eigenvalue weighted by molar-refractivity contribution is 7.99. The summed E-state index contributed by atoms with van der Waals surface area (Å²) in [5, 5.41) is 0. The van der Waals surface area contributed by atoms with Gasteiger partial charge in [-0.05, 0) is 30.2 Å². The molecule has 2 aromatic carbocycles. The van der Waals surface area contributed by atoms with Crippen molar-refractivity contribution in [3.05, 3.63) is 48.5 Å². The van der Waals surface area contributed by atoms with Gasteiger partial charge in [0, 0.05) is 22.6 Å². The number of fused-ring (bicyclic) bond motifs is 5. The topological polar surface area (TPSA) is 7.68 Å². The Hall–Kier alpha value is -1.45. The number of rotatable bonds is 1. The molecular weight excluding hydrogens is 288 g/mol. The first-order valence-corrected chi connectivity index (χ1v) is 9.20. The summed E-state index contributed by atoms with van der Waals surface area (Å²) in [6.07, 6.45) is 2.79. The molecule has 1 atom stereocenters. The van der Waals surface area contributed by atoms with Crippen molar-refractivity contribution >= 4 is 23.1 Å². The Labute approximate surface area is 136 Å². The summed E-state index contributed by atoms with van der Waals surface area (Å²) < 4.78 is 0. The van der Waals surface area contributed by atoms with Crippen LogP contribution in [-0.4, -0.2) is 25.7 Å².